The van der Waals surface area contributed by atoms with E-state index in [1.54, 1.807) is 18.4 Å². The second-order valence-corrected chi connectivity index (χ2v) is 6.80. The Morgan fingerprint density at radius 3 is 2.60 bits per heavy atom. The number of thiazole rings is 1. The molecule has 6 nitrogen and oxygen atoms in total. The Balaban J connectivity index is 1.61. The van der Waals surface area contributed by atoms with Gasteiger partial charge in [-0.1, -0.05) is 30.3 Å². The van der Waals surface area contributed by atoms with E-state index in [0.717, 1.165) is 27.7 Å². The molecule has 2 heterocycles. The van der Waals surface area contributed by atoms with Gasteiger partial charge in [-0.25, -0.2) is 9.97 Å². The zero-order chi connectivity index (χ0) is 17.6. The van der Waals surface area contributed by atoms with E-state index in [2.05, 4.69) is 25.6 Å². The molecule has 0 unspecified atom stereocenters. The van der Waals surface area contributed by atoms with Crippen molar-refractivity contribution < 1.29 is 4.42 Å². The van der Waals surface area contributed by atoms with E-state index in [1.807, 2.05) is 44.2 Å². The van der Waals surface area contributed by atoms with E-state index >= 15 is 0 Å². The van der Waals surface area contributed by atoms with Crippen molar-refractivity contribution in [1.29, 1.82) is 0 Å². The van der Waals surface area contributed by atoms with E-state index in [0.29, 0.717) is 19.0 Å². The first-order valence-electron chi connectivity index (χ1n) is 8.02. The molecule has 2 aromatic heterocycles. The van der Waals surface area contributed by atoms with Gasteiger partial charge in [0.05, 0.1) is 23.8 Å². The fourth-order valence-electron chi connectivity index (χ4n) is 2.51. The van der Waals surface area contributed by atoms with Gasteiger partial charge in [-0.3, -0.25) is 4.99 Å². The number of nitrogens with zero attached hydrogens (tertiary/aromatic N) is 3. The van der Waals surface area contributed by atoms with Crippen LogP contribution >= 0.6 is 11.3 Å². The van der Waals surface area contributed by atoms with Crippen LogP contribution in [0.2, 0.25) is 0 Å². The Morgan fingerprint density at radius 2 is 1.92 bits per heavy atom. The van der Waals surface area contributed by atoms with Gasteiger partial charge in [-0.15, -0.1) is 11.3 Å². The third kappa shape index (κ3) is 4.24. The van der Waals surface area contributed by atoms with Crippen LogP contribution < -0.4 is 10.6 Å². The van der Waals surface area contributed by atoms with Crippen LogP contribution in [-0.2, 0) is 13.1 Å². The molecule has 1 aromatic carbocycles. The molecule has 0 amide bonds. The molecule has 0 aliphatic rings. The molecular formula is C18H21N5OS. The van der Waals surface area contributed by atoms with Crippen molar-refractivity contribution in [1.82, 2.24) is 20.6 Å². The second kappa shape index (κ2) is 7.94. The van der Waals surface area contributed by atoms with Gasteiger partial charge >= 0.3 is 0 Å². The van der Waals surface area contributed by atoms with Gasteiger partial charge in [0.25, 0.3) is 0 Å². The first kappa shape index (κ1) is 17.2. The molecule has 0 atom stereocenters. The minimum absolute atomic E-state index is 0.529. The zero-order valence-electron chi connectivity index (χ0n) is 14.5. The van der Waals surface area contributed by atoms with Crippen LogP contribution in [0, 0.1) is 13.8 Å². The fourth-order valence-corrected chi connectivity index (χ4v) is 3.39. The number of aryl methyl sites for hydroxylation is 2. The molecule has 0 aliphatic heterocycles. The minimum Gasteiger partial charge on any atom is -0.443 e. The SMILES string of the molecule is CN=C(NCc1ncoc1-c1ccccc1)NCc1sc(C)nc1C. The van der Waals surface area contributed by atoms with E-state index in [-0.39, 0.29) is 0 Å². The molecule has 130 valence electrons. The number of nitrogens with one attached hydrogen (secondary N) is 2. The molecule has 0 saturated carbocycles. The molecule has 0 fully saturated rings. The van der Waals surface area contributed by atoms with Crippen molar-refractivity contribution in [3.63, 3.8) is 0 Å². The standard InChI is InChI=1S/C18H21N5OS/c1-12-16(25-13(2)23-12)10-21-18(19-3)20-9-15-17(24-11-22-15)14-7-5-4-6-8-14/h4-8,11H,9-10H2,1-3H3,(H2,19,20,21). The lowest BCUT2D eigenvalue weighted by molar-refractivity contribution is 0.570. The molecule has 0 radical (unpaired) electrons. The van der Waals surface area contributed by atoms with Crippen LogP contribution in [0.1, 0.15) is 21.3 Å². The first-order valence-corrected chi connectivity index (χ1v) is 8.84. The third-order valence-electron chi connectivity index (χ3n) is 3.74. The highest BCUT2D eigenvalue weighted by Gasteiger charge is 2.11. The van der Waals surface area contributed by atoms with Gasteiger partial charge in [0.15, 0.2) is 18.1 Å². The van der Waals surface area contributed by atoms with Crippen LogP contribution in [0.5, 0.6) is 0 Å². The minimum atomic E-state index is 0.529. The smallest absolute Gasteiger partial charge is 0.191 e. The number of hydrogen-bond donors (Lipinski definition) is 2. The van der Waals surface area contributed by atoms with Crippen LogP contribution in [0.25, 0.3) is 11.3 Å². The van der Waals surface area contributed by atoms with Gasteiger partial charge in [-0.2, -0.15) is 0 Å². The predicted molar refractivity (Wildman–Crippen MR) is 101 cm³/mol. The first-order chi connectivity index (χ1) is 12.2. The fraction of sp³-hybridized carbons (Fsp3) is 0.278. The number of guanidine groups is 1. The molecule has 0 aliphatic carbocycles. The number of aromatic nitrogens is 2. The predicted octanol–water partition coefficient (Wildman–Crippen LogP) is 3.28. The summed E-state index contributed by atoms with van der Waals surface area (Å²) >= 11 is 1.70. The average molecular weight is 355 g/mol. The lowest BCUT2D eigenvalue weighted by Gasteiger charge is -2.11. The second-order valence-electron chi connectivity index (χ2n) is 5.51. The largest absolute Gasteiger partial charge is 0.443 e. The molecule has 25 heavy (non-hydrogen) atoms. The quantitative estimate of drug-likeness (QED) is 0.543. The van der Waals surface area contributed by atoms with Crippen LogP contribution in [-0.4, -0.2) is 23.0 Å². The summed E-state index contributed by atoms with van der Waals surface area (Å²) < 4.78 is 5.55. The van der Waals surface area contributed by atoms with Crippen LogP contribution in [0.3, 0.4) is 0 Å². The summed E-state index contributed by atoms with van der Waals surface area (Å²) in [5, 5.41) is 7.67. The van der Waals surface area contributed by atoms with Crippen LogP contribution in [0.4, 0.5) is 0 Å². The van der Waals surface area contributed by atoms with Crippen molar-refractivity contribution >= 4 is 17.3 Å². The van der Waals surface area contributed by atoms with Gasteiger partial charge in [-0.05, 0) is 13.8 Å². The summed E-state index contributed by atoms with van der Waals surface area (Å²) in [6.07, 6.45) is 1.47. The monoisotopic (exact) mass is 355 g/mol. The van der Waals surface area contributed by atoms with Crippen molar-refractivity contribution in [3.05, 3.63) is 58.0 Å². The van der Waals surface area contributed by atoms with Gasteiger partial charge in [0.2, 0.25) is 0 Å². The van der Waals surface area contributed by atoms with E-state index in [4.69, 9.17) is 4.42 Å². The Labute approximate surface area is 151 Å². The summed E-state index contributed by atoms with van der Waals surface area (Å²) in [6.45, 7) is 5.27. The number of aliphatic imine (C=N–C) groups is 1. The topological polar surface area (TPSA) is 75.3 Å². The van der Waals surface area contributed by atoms with Crippen molar-refractivity contribution in [2.75, 3.05) is 7.05 Å². The normalized spacial score (nSPS) is 11.6. The van der Waals surface area contributed by atoms with Gasteiger partial charge < -0.3 is 15.1 Å². The third-order valence-corrected chi connectivity index (χ3v) is 4.81. The van der Waals surface area contributed by atoms with Crippen molar-refractivity contribution in [2.24, 2.45) is 4.99 Å². The number of oxazole rings is 1. The van der Waals surface area contributed by atoms with E-state index < -0.39 is 0 Å². The van der Waals surface area contributed by atoms with Gasteiger partial charge in [0.1, 0.15) is 5.69 Å². The highest BCUT2D eigenvalue weighted by atomic mass is 32.1. The molecule has 2 N–H and O–H groups in total. The van der Waals surface area contributed by atoms with Crippen LogP contribution in [0.15, 0.2) is 46.1 Å². The lowest BCUT2D eigenvalue weighted by Crippen LogP contribution is -2.36. The summed E-state index contributed by atoms with van der Waals surface area (Å²) in [6, 6.07) is 9.95. The maximum atomic E-state index is 5.55. The van der Waals surface area contributed by atoms with E-state index in [9.17, 15) is 0 Å². The Hall–Kier alpha value is -2.67. The lowest BCUT2D eigenvalue weighted by atomic mass is 10.1. The summed E-state index contributed by atoms with van der Waals surface area (Å²) in [7, 11) is 1.75. The molecule has 0 bridgehead atoms. The maximum absolute atomic E-state index is 5.55. The van der Waals surface area contributed by atoms with Gasteiger partial charge in [0, 0.05) is 17.5 Å². The molecule has 3 rings (SSSR count). The number of hydrogen-bond acceptors (Lipinski definition) is 5. The molecule has 0 saturated heterocycles. The zero-order valence-corrected chi connectivity index (χ0v) is 15.4. The molecular weight excluding hydrogens is 334 g/mol. The van der Waals surface area contributed by atoms with Crippen molar-refractivity contribution in [3.8, 4) is 11.3 Å². The summed E-state index contributed by atoms with van der Waals surface area (Å²) in [5.41, 5.74) is 2.92. The summed E-state index contributed by atoms with van der Waals surface area (Å²) in [5.74, 6) is 1.49. The Morgan fingerprint density at radius 1 is 1.16 bits per heavy atom. The highest BCUT2D eigenvalue weighted by molar-refractivity contribution is 7.11. The Bertz CT molecular complexity index is 853. The highest BCUT2D eigenvalue weighted by Crippen LogP contribution is 2.22. The molecule has 7 heteroatoms. The Kier molecular flexibility index (Phi) is 5.45. The molecule has 3 aromatic rings. The van der Waals surface area contributed by atoms with Crippen molar-refractivity contribution in [2.45, 2.75) is 26.9 Å². The molecule has 0 spiro atoms. The number of benzene rings is 1. The summed E-state index contributed by atoms with van der Waals surface area (Å²) in [4.78, 5) is 14.2. The average Bonchev–Trinajstić information content (AvgIpc) is 3.22. The maximum Gasteiger partial charge on any atom is 0.191 e. The van der Waals surface area contributed by atoms with E-state index in [1.165, 1.54) is 11.3 Å². The number of rotatable bonds is 5.